The molecule has 3 rings (SSSR count). The maximum absolute atomic E-state index is 12.4. The van der Waals surface area contributed by atoms with Crippen molar-refractivity contribution in [1.29, 1.82) is 0 Å². The van der Waals surface area contributed by atoms with Gasteiger partial charge in [0.15, 0.2) is 0 Å². The van der Waals surface area contributed by atoms with E-state index >= 15 is 0 Å². The van der Waals surface area contributed by atoms with Crippen LogP contribution in [0.3, 0.4) is 0 Å². The predicted molar refractivity (Wildman–Crippen MR) is 97.4 cm³/mol. The normalized spacial score (nSPS) is 11.3. The van der Waals surface area contributed by atoms with Crippen molar-refractivity contribution in [2.75, 3.05) is 5.32 Å². The van der Waals surface area contributed by atoms with Crippen LogP contribution in [0.25, 0.3) is 17.0 Å². The van der Waals surface area contributed by atoms with Crippen LogP contribution in [0.2, 0.25) is 0 Å². The number of nitrogens with one attached hydrogen (secondary N) is 1. The third kappa shape index (κ3) is 3.72. The van der Waals surface area contributed by atoms with Crippen molar-refractivity contribution < 1.29 is 14.7 Å². The van der Waals surface area contributed by atoms with E-state index in [0.717, 1.165) is 16.5 Å². The van der Waals surface area contributed by atoms with Crippen LogP contribution in [-0.4, -0.2) is 22.0 Å². The number of rotatable bonds is 4. The highest BCUT2D eigenvalue weighted by Gasteiger charge is 2.12. The Kier molecular flexibility index (Phi) is 4.57. The minimum absolute atomic E-state index is 0.0542. The largest absolute Gasteiger partial charge is 0.478 e. The molecular weight excluding hydrogens is 316 g/mol. The standard InChI is InChI=1S/C20H16N2O3/c1-13(11-14-8-9-15-5-4-10-21-18(15)12-14)19(23)22-17-7-3-2-6-16(17)20(24)25/h2-12H,1H3,(H,22,23)(H,24,25). The third-order valence-electron chi connectivity index (χ3n) is 3.78. The molecule has 2 aromatic carbocycles. The van der Waals surface area contributed by atoms with Crippen molar-refractivity contribution in [3.05, 3.63) is 77.5 Å². The second-order valence-electron chi connectivity index (χ2n) is 5.59. The molecule has 0 radical (unpaired) electrons. The summed E-state index contributed by atoms with van der Waals surface area (Å²) >= 11 is 0. The summed E-state index contributed by atoms with van der Waals surface area (Å²) in [4.78, 5) is 27.9. The molecule has 0 fully saturated rings. The van der Waals surface area contributed by atoms with Crippen LogP contribution >= 0.6 is 0 Å². The number of amides is 1. The van der Waals surface area contributed by atoms with Crippen LogP contribution in [0.5, 0.6) is 0 Å². The quantitative estimate of drug-likeness (QED) is 0.708. The van der Waals surface area contributed by atoms with Gasteiger partial charge >= 0.3 is 5.97 Å². The number of pyridine rings is 1. The van der Waals surface area contributed by atoms with Gasteiger partial charge in [-0.25, -0.2) is 4.79 Å². The van der Waals surface area contributed by atoms with Gasteiger partial charge in [-0.3, -0.25) is 9.78 Å². The average molecular weight is 332 g/mol. The molecule has 0 aliphatic heterocycles. The Morgan fingerprint density at radius 3 is 2.68 bits per heavy atom. The van der Waals surface area contributed by atoms with E-state index in [-0.39, 0.29) is 17.2 Å². The van der Waals surface area contributed by atoms with Gasteiger partial charge in [-0.1, -0.05) is 30.3 Å². The number of aromatic carboxylic acids is 1. The molecule has 5 nitrogen and oxygen atoms in total. The Morgan fingerprint density at radius 2 is 1.88 bits per heavy atom. The van der Waals surface area contributed by atoms with Gasteiger partial charge in [-0.05, 0) is 42.8 Å². The molecule has 0 spiro atoms. The Labute approximate surface area is 144 Å². The topological polar surface area (TPSA) is 79.3 Å². The van der Waals surface area contributed by atoms with Crippen molar-refractivity contribution in [1.82, 2.24) is 4.98 Å². The summed E-state index contributed by atoms with van der Waals surface area (Å²) in [5, 5.41) is 12.9. The highest BCUT2D eigenvalue weighted by atomic mass is 16.4. The fourth-order valence-electron chi connectivity index (χ4n) is 2.49. The van der Waals surface area contributed by atoms with Crippen LogP contribution in [0.15, 0.2) is 66.4 Å². The van der Waals surface area contributed by atoms with Crippen molar-refractivity contribution in [3.8, 4) is 0 Å². The van der Waals surface area contributed by atoms with Crippen LogP contribution in [0, 0.1) is 0 Å². The lowest BCUT2D eigenvalue weighted by Gasteiger charge is -2.08. The van der Waals surface area contributed by atoms with Crippen LogP contribution in [-0.2, 0) is 4.79 Å². The van der Waals surface area contributed by atoms with E-state index in [1.54, 1.807) is 37.4 Å². The molecule has 1 amide bonds. The molecule has 0 aliphatic carbocycles. The molecule has 0 saturated heterocycles. The minimum Gasteiger partial charge on any atom is -0.478 e. The van der Waals surface area contributed by atoms with E-state index in [1.807, 2.05) is 30.3 Å². The maximum atomic E-state index is 12.4. The SMILES string of the molecule is CC(=Cc1ccc2cccnc2c1)C(=O)Nc1ccccc1C(=O)O. The summed E-state index contributed by atoms with van der Waals surface area (Å²) in [5.74, 6) is -1.44. The summed E-state index contributed by atoms with van der Waals surface area (Å²) in [7, 11) is 0. The summed E-state index contributed by atoms with van der Waals surface area (Å²) in [6, 6.07) is 15.9. The van der Waals surface area contributed by atoms with Crippen LogP contribution in [0.4, 0.5) is 5.69 Å². The van der Waals surface area contributed by atoms with Gasteiger partial charge in [0.1, 0.15) is 0 Å². The zero-order valence-electron chi connectivity index (χ0n) is 13.6. The van der Waals surface area contributed by atoms with Crippen molar-refractivity contribution in [3.63, 3.8) is 0 Å². The summed E-state index contributed by atoms with van der Waals surface area (Å²) < 4.78 is 0. The zero-order valence-corrected chi connectivity index (χ0v) is 13.6. The number of carboxylic acid groups (broad SMARTS) is 1. The minimum atomic E-state index is -1.09. The first-order valence-electron chi connectivity index (χ1n) is 7.71. The van der Waals surface area contributed by atoms with Gasteiger partial charge in [-0.2, -0.15) is 0 Å². The number of anilines is 1. The molecule has 0 bridgehead atoms. The van der Waals surface area contributed by atoms with E-state index in [4.69, 9.17) is 0 Å². The molecule has 124 valence electrons. The number of para-hydroxylation sites is 1. The van der Waals surface area contributed by atoms with E-state index in [9.17, 15) is 14.7 Å². The summed E-state index contributed by atoms with van der Waals surface area (Å²) in [6.45, 7) is 1.68. The predicted octanol–water partition coefficient (Wildman–Crippen LogP) is 3.98. The molecular formula is C20H16N2O3. The Hall–Kier alpha value is -3.47. The van der Waals surface area contributed by atoms with E-state index in [1.165, 1.54) is 6.07 Å². The fourth-order valence-corrected chi connectivity index (χ4v) is 2.49. The Balaban J connectivity index is 1.84. The molecule has 2 N–H and O–H groups in total. The van der Waals surface area contributed by atoms with E-state index < -0.39 is 5.97 Å². The first kappa shape index (κ1) is 16.4. The van der Waals surface area contributed by atoms with E-state index in [2.05, 4.69) is 10.3 Å². The third-order valence-corrected chi connectivity index (χ3v) is 3.78. The number of carboxylic acids is 1. The molecule has 5 heteroatoms. The smallest absolute Gasteiger partial charge is 0.337 e. The molecule has 1 heterocycles. The Bertz CT molecular complexity index is 993. The number of nitrogens with zero attached hydrogens (tertiary/aromatic N) is 1. The number of hydrogen-bond acceptors (Lipinski definition) is 3. The maximum Gasteiger partial charge on any atom is 0.337 e. The number of benzene rings is 2. The second-order valence-corrected chi connectivity index (χ2v) is 5.59. The zero-order chi connectivity index (χ0) is 17.8. The number of aromatic nitrogens is 1. The Morgan fingerprint density at radius 1 is 1.08 bits per heavy atom. The van der Waals surface area contributed by atoms with Crippen LogP contribution < -0.4 is 5.32 Å². The fraction of sp³-hybridized carbons (Fsp3) is 0.0500. The van der Waals surface area contributed by atoms with Crippen molar-refractivity contribution >= 4 is 34.5 Å². The molecule has 25 heavy (non-hydrogen) atoms. The van der Waals surface area contributed by atoms with Gasteiger partial charge < -0.3 is 10.4 Å². The lowest BCUT2D eigenvalue weighted by atomic mass is 10.1. The number of hydrogen-bond donors (Lipinski definition) is 2. The second kappa shape index (κ2) is 6.97. The molecule has 1 aromatic heterocycles. The first-order chi connectivity index (χ1) is 12.0. The molecule has 0 aliphatic rings. The van der Waals surface area contributed by atoms with Gasteiger partial charge in [0.2, 0.25) is 0 Å². The molecule has 0 unspecified atom stereocenters. The highest BCUT2D eigenvalue weighted by Crippen LogP contribution is 2.18. The average Bonchev–Trinajstić information content (AvgIpc) is 2.61. The number of carbonyl (C=O) groups excluding carboxylic acids is 1. The monoisotopic (exact) mass is 332 g/mol. The lowest BCUT2D eigenvalue weighted by Crippen LogP contribution is -2.15. The van der Waals surface area contributed by atoms with Crippen molar-refractivity contribution in [2.24, 2.45) is 0 Å². The van der Waals surface area contributed by atoms with Crippen LogP contribution in [0.1, 0.15) is 22.8 Å². The molecule has 0 saturated carbocycles. The van der Waals surface area contributed by atoms with Crippen molar-refractivity contribution in [2.45, 2.75) is 6.92 Å². The summed E-state index contributed by atoms with van der Waals surface area (Å²) in [5.41, 5.74) is 2.49. The van der Waals surface area contributed by atoms with Gasteiger partial charge in [-0.15, -0.1) is 0 Å². The van der Waals surface area contributed by atoms with E-state index in [0.29, 0.717) is 5.57 Å². The summed E-state index contributed by atoms with van der Waals surface area (Å²) in [6.07, 6.45) is 3.46. The lowest BCUT2D eigenvalue weighted by molar-refractivity contribution is -0.112. The van der Waals surface area contributed by atoms with Gasteiger partial charge in [0, 0.05) is 17.2 Å². The number of carbonyl (C=O) groups is 2. The van der Waals surface area contributed by atoms with Gasteiger partial charge in [0.05, 0.1) is 16.8 Å². The van der Waals surface area contributed by atoms with Gasteiger partial charge in [0.25, 0.3) is 5.91 Å². The number of fused-ring (bicyclic) bond motifs is 1. The first-order valence-corrected chi connectivity index (χ1v) is 7.71. The molecule has 3 aromatic rings. The highest BCUT2D eigenvalue weighted by molar-refractivity contribution is 6.09. The molecule has 0 atom stereocenters.